The highest BCUT2D eigenvalue weighted by Crippen LogP contribution is 2.37. The van der Waals surface area contributed by atoms with E-state index in [2.05, 4.69) is 36.8 Å². The molecule has 1 N–H and O–H groups in total. The molecule has 1 aliphatic heterocycles. The topological polar surface area (TPSA) is 108 Å². The zero-order valence-electron chi connectivity index (χ0n) is 16.0. The number of nitrogens with zero attached hydrogens (tertiary/aromatic N) is 4. The largest absolute Gasteiger partial charge is 0.497 e. The molecule has 2 aromatic carbocycles. The highest BCUT2D eigenvalue weighted by atomic mass is 79.9. The number of ketones is 1. The van der Waals surface area contributed by atoms with Crippen molar-refractivity contribution in [3.8, 4) is 5.75 Å². The molecule has 9 nitrogen and oxygen atoms in total. The summed E-state index contributed by atoms with van der Waals surface area (Å²) in [6.45, 7) is 0. The molecule has 30 heavy (non-hydrogen) atoms. The quantitative estimate of drug-likeness (QED) is 0.448. The molecular weight excluding hydrogens is 454 g/mol. The zero-order chi connectivity index (χ0) is 21.3. The van der Waals surface area contributed by atoms with E-state index in [1.807, 2.05) is 0 Å². The molecule has 10 heteroatoms. The van der Waals surface area contributed by atoms with Gasteiger partial charge in [0.2, 0.25) is 5.95 Å². The van der Waals surface area contributed by atoms with Gasteiger partial charge in [-0.3, -0.25) is 4.79 Å². The van der Waals surface area contributed by atoms with Crippen LogP contribution in [0.3, 0.4) is 0 Å². The monoisotopic (exact) mass is 469 g/mol. The Bertz CT molecular complexity index is 1140. The van der Waals surface area contributed by atoms with Gasteiger partial charge in [0.05, 0.1) is 19.8 Å². The van der Waals surface area contributed by atoms with Crippen molar-refractivity contribution in [2.75, 3.05) is 19.5 Å². The maximum absolute atomic E-state index is 13.6. The van der Waals surface area contributed by atoms with E-state index in [1.165, 1.54) is 11.8 Å². The van der Waals surface area contributed by atoms with E-state index in [0.717, 1.165) is 4.47 Å². The standard InChI is InChI=1S/C20H16BrN5O4/c1-29-14-9-5-11(6-10-14)17-15(18(27)12-3-7-13(21)8-4-12)16(19(28)30-2)22-20-23-24-25-26(17)20/h3-10,17H,1-2H3,(H,22,23,25)/t17-/m1/s1. The van der Waals surface area contributed by atoms with Crippen LogP contribution < -0.4 is 10.1 Å². The van der Waals surface area contributed by atoms with E-state index < -0.39 is 12.0 Å². The van der Waals surface area contributed by atoms with Gasteiger partial charge in [0.1, 0.15) is 17.5 Å². The first kappa shape index (κ1) is 19.8. The van der Waals surface area contributed by atoms with Gasteiger partial charge in [-0.15, -0.1) is 0 Å². The first-order valence-corrected chi connectivity index (χ1v) is 9.64. The molecule has 152 valence electrons. The van der Waals surface area contributed by atoms with Crippen LogP contribution in [0.25, 0.3) is 0 Å². The second-order valence-corrected chi connectivity index (χ2v) is 7.28. The van der Waals surface area contributed by atoms with Crippen molar-refractivity contribution < 1.29 is 19.1 Å². The average molecular weight is 470 g/mol. The molecule has 0 radical (unpaired) electrons. The number of tetrazole rings is 1. The summed E-state index contributed by atoms with van der Waals surface area (Å²) in [6, 6.07) is 13.2. The Morgan fingerprint density at radius 1 is 1.07 bits per heavy atom. The fraction of sp³-hybridized carbons (Fsp3) is 0.150. The molecule has 0 saturated heterocycles. The second-order valence-electron chi connectivity index (χ2n) is 6.36. The third-order valence-corrected chi connectivity index (χ3v) is 5.22. The Morgan fingerprint density at radius 3 is 2.40 bits per heavy atom. The highest BCUT2D eigenvalue weighted by Gasteiger charge is 2.38. The van der Waals surface area contributed by atoms with Crippen LogP contribution >= 0.6 is 15.9 Å². The van der Waals surface area contributed by atoms with Gasteiger partial charge in [0.15, 0.2) is 5.78 Å². The summed E-state index contributed by atoms with van der Waals surface area (Å²) in [6.07, 6.45) is 0. The summed E-state index contributed by atoms with van der Waals surface area (Å²) in [5.41, 5.74) is 1.28. The molecule has 0 bridgehead atoms. The van der Waals surface area contributed by atoms with Crippen LogP contribution in [0.15, 0.2) is 64.3 Å². The summed E-state index contributed by atoms with van der Waals surface area (Å²) < 4.78 is 12.4. The number of aromatic nitrogens is 4. The first-order chi connectivity index (χ1) is 14.5. The van der Waals surface area contributed by atoms with Crippen LogP contribution in [0.5, 0.6) is 5.75 Å². The number of anilines is 1. The Kier molecular flexibility index (Phi) is 5.32. The van der Waals surface area contributed by atoms with Gasteiger partial charge >= 0.3 is 5.97 Å². The molecular formula is C20H16BrN5O4. The van der Waals surface area contributed by atoms with Crippen molar-refractivity contribution in [3.63, 3.8) is 0 Å². The summed E-state index contributed by atoms with van der Waals surface area (Å²) in [5.74, 6) is -0.160. The summed E-state index contributed by atoms with van der Waals surface area (Å²) in [7, 11) is 2.81. The molecule has 4 rings (SSSR count). The maximum atomic E-state index is 13.6. The van der Waals surface area contributed by atoms with Crippen LogP contribution in [0.2, 0.25) is 0 Å². The molecule has 1 aliphatic rings. The fourth-order valence-corrected chi connectivity index (χ4v) is 3.50. The Labute approximate surface area is 179 Å². The van der Waals surface area contributed by atoms with Crippen LogP contribution in [-0.4, -0.2) is 46.2 Å². The SMILES string of the molecule is COC(=O)C1=C(C(=O)c2ccc(Br)cc2)[C@@H](c2ccc(OC)cc2)n2nnnc2N1. The molecule has 2 heterocycles. The minimum Gasteiger partial charge on any atom is -0.497 e. The van der Waals surface area contributed by atoms with Gasteiger partial charge in [-0.1, -0.05) is 33.2 Å². The molecule has 0 fully saturated rings. The van der Waals surface area contributed by atoms with Crippen molar-refractivity contribution in [2.45, 2.75) is 6.04 Å². The smallest absolute Gasteiger partial charge is 0.355 e. The molecule has 1 aromatic heterocycles. The van der Waals surface area contributed by atoms with Gasteiger partial charge in [-0.25, -0.2) is 4.79 Å². The molecule has 1 atom stereocenters. The summed E-state index contributed by atoms with van der Waals surface area (Å²) in [4.78, 5) is 26.1. The van der Waals surface area contributed by atoms with Gasteiger partial charge in [0.25, 0.3) is 0 Å². The number of nitrogens with one attached hydrogen (secondary N) is 1. The normalized spacial score (nSPS) is 15.2. The number of hydrogen-bond acceptors (Lipinski definition) is 8. The molecule has 3 aromatic rings. The number of ether oxygens (including phenoxy) is 2. The minimum atomic E-state index is -0.743. The molecule has 0 saturated carbocycles. The summed E-state index contributed by atoms with van der Waals surface area (Å²) >= 11 is 3.36. The lowest BCUT2D eigenvalue weighted by Gasteiger charge is -2.28. The average Bonchev–Trinajstić information content (AvgIpc) is 3.26. The Morgan fingerprint density at radius 2 is 1.77 bits per heavy atom. The third kappa shape index (κ3) is 3.45. The van der Waals surface area contributed by atoms with E-state index in [1.54, 1.807) is 55.6 Å². The number of Topliss-reactive ketones (excluding diaryl/α,β-unsaturated/α-hetero) is 1. The van der Waals surface area contributed by atoms with Crippen LogP contribution in [-0.2, 0) is 9.53 Å². The lowest BCUT2D eigenvalue weighted by Crippen LogP contribution is -2.32. The molecule has 0 spiro atoms. The number of benzene rings is 2. The number of rotatable bonds is 5. The van der Waals surface area contributed by atoms with Crippen molar-refractivity contribution in [2.24, 2.45) is 0 Å². The minimum absolute atomic E-state index is 0.00598. The van der Waals surface area contributed by atoms with E-state index in [0.29, 0.717) is 16.9 Å². The Hall–Kier alpha value is -3.53. The van der Waals surface area contributed by atoms with Gasteiger partial charge < -0.3 is 14.8 Å². The number of fused-ring (bicyclic) bond motifs is 1. The molecule has 0 amide bonds. The predicted octanol–water partition coefficient (Wildman–Crippen LogP) is 2.77. The molecule has 0 aliphatic carbocycles. The number of methoxy groups -OCH3 is 2. The maximum Gasteiger partial charge on any atom is 0.355 e. The van der Waals surface area contributed by atoms with Gasteiger partial charge in [-0.05, 0) is 52.4 Å². The lowest BCUT2D eigenvalue weighted by molar-refractivity contribution is -0.136. The number of halogens is 1. The van der Waals surface area contributed by atoms with Gasteiger partial charge in [0, 0.05) is 10.0 Å². The van der Waals surface area contributed by atoms with Crippen LogP contribution in [0, 0.1) is 0 Å². The predicted molar refractivity (Wildman–Crippen MR) is 110 cm³/mol. The Balaban J connectivity index is 1.92. The van der Waals surface area contributed by atoms with E-state index in [4.69, 9.17) is 9.47 Å². The van der Waals surface area contributed by atoms with Crippen molar-refractivity contribution in [3.05, 3.63) is 75.4 Å². The number of carbonyl (C=O) groups excluding carboxylic acids is 2. The van der Waals surface area contributed by atoms with E-state index in [-0.39, 0.29) is 23.0 Å². The van der Waals surface area contributed by atoms with Crippen LogP contribution in [0.4, 0.5) is 5.95 Å². The van der Waals surface area contributed by atoms with Crippen molar-refractivity contribution in [1.29, 1.82) is 0 Å². The number of esters is 1. The van der Waals surface area contributed by atoms with Gasteiger partial charge in [-0.2, -0.15) is 4.68 Å². The van der Waals surface area contributed by atoms with Crippen molar-refractivity contribution >= 4 is 33.6 Å². The number of allylic oxidation sites excluding steroid dienone is 1. The first-order valence-electron chi connectivity index (χ1n) is 8.85. The molecule has 0 unspecified atom stereocenters. The number of carbonyl (C=O) groups is 2. The van der Waals surface area contributed by atoms with E-state index >= 15 is 0 Å². The zero-order valence-corrected chi connectivity index (χ0v) is 17.6. The lowest BCUT2D eigenvalue weighted by atomic mass is 9.89. The number of hydrogen-bond donors (Lipinski definition) is 1. The summed E-state index contributed by atoms with van der Waals surface area (Å²) in [5, 5.41) is 14.5. The van der Waals surface area contributed by atoms with Crippen molar-refractivity contribution in [1.82, 2.24) is 20.2 Å². The second kappa shape index (κ2) is 8.07. The van der Waals surface area contributed by atoms with E-state index in [9.17, 15) is 9.59 Å². The fourth-order valence-electron chi connectivity index (χ4n) is 3.24. The van der Waals surface area contributed by atoms with Crippen LogP contribution in [0.1, 0.15) is 22.0 Å². The highest BCUT2D eigenvalue weighted by molar-refractivity contribution is 9.10. The third-order valence-electron chi connectivity index (χ3n) is 4.69.